The SMILES string of the molecule is CCCCc1cc2c3c(c1)N(c1c(-c4ccccc4)cccc1-c1ccccc1)c1cc(-n4c5ccc(C(C)(C)C)cc5c5cc(C(C)(C)C)ccc54)ccc1B3c1ccc(-n3c4ccc(C(C)(C)C)cc4c4cc(C(C)(C)C)ccc43)cc1N2c1c(-c2ccccc2)cccc1-c1ccccc1. The van der Waals surface area contributed by atoms with E-state index in [2.05, 4.69) is 388 Å². The average Bonchev–Trinajstić information content (AvgIpc) is 0.926. The quantitative estimate of drug-likeness (QED) is 0.120. The zero-order chi connectivity index (χ0) is 71.0. The van der Waals surface area contributed by atoms with Crippen LogP contribution in [0.5, 0.6) is 0 Å². The van der Waals surface area contributed by atoms with Crippen LogP contribution in [0.25, 0.3) is 99.5 Å². The molecule has 13 aromatic carbocycles. The first-order chi connectivity index (χ1) is 49.6. The molecule has 0 bridgehead atoms. The van der Waals surface area contributed by atoms with Crippen LogP contribution in [0.3, 0.4) is 0 Å². The fourth-order valence-electron chi connectivity index (χ4n) is 16.7. The van der Waals surface area contributed by atoms with Gasteiger partial charge < -0.3 is 18.9 Å². The molecule has 0 amide bonds. The number of hydrogen-bond acceptors (Lipinski definition) is 2. The number of benzene rings is 13. The Morgan fingerprint density at radius 1 is 0.291 bits per heavy atom. The van der Waals surface area contributed by atoms with E-state index in [0.717, 1.165) is 75.6 Å². The second-order valence-electron chi connectivity index (χ2n) is 33.2. The molecule has 0 fully saturated rings. The van der Waals surface area contributed by atoms with Crippen LogP contribution in [0.15, 0.2) is 279 Å². The van der Waals surface area contributed by atoms with Gasteiger partial charge in [-0.2, -0.15) is 0 Å². The van der Waals surface area contributed by atoms with Crippen molar-refractivity contribution in [2.45, 2.75) is 131 Å². The Bertz CT molecular complexity index is 5220. The van der Waals surface area contributed by atoms with Gasteiger partial charge >= 0.3 is 0 Å². The number of nitrogens with zero attached hydrogens (tertiary/aromatic N) is 4. The van der Waals surface area contributed by atoms with Crippen LogP contribution in [0.2, 0.25) is 0 Å². The molecule has 5 heteroatoms. The molecule has 0 N–H and O–H groups in total. The Morgan fingerprint density at radius 3 is 0.874 bits per heavy atom. The molecule has 2 aliphatic heterocycles. The van der Waals surface area contributed by atoms with E-state index in [1.165, 1.54) is 121 Å². The Morgan fingerprint density at radius 2 is 0.592 bits per heavy atom. The first-order valence-corrected chi connectivity index (χ1v) is 37.3. The van der Waals surface area contributed by atoms with Crippen molar-refractivity contribution < 1.29 is 0 Å². The second kappa shape index (κ2) is 24.7. The summed E-state index contributed by atoms with van der Waals surface area (Å²) in [5.41, 5.74) is 33.6. The van der Waals surface area contributed by atoms with Gasteiger partial charge in [0.25, 0.3) is 6.71 Å². The van der Waals surface area contributed by atoms with Gasteiger partial charge in [0.15, 0.2) is 0 Å². The van der Waals surface area contributed by atoms with Gasteiger partial charge in [-0.25, -0.2) is 0 Å². The van der Waals surface area contributed by atoms with Gasteiger partial charge in [-0.1, -0.05) is 291 Å². The van der Waals surface area contributed by atoms with Gasteiger partial charge in [0.05, 0.1) is 33.4 Å². The minimum atomic E-state index is -0.206. The number of aryl methyl sites for hydroxylation is 1. The van der Waals surface area contributed by atoms with Gasteiger partial charge in [0, 0.05) is 77.9 Å². The lowest BCUT2D eigenvalue weighted by molar-refractivity contribution is 0.590. The van der Waals surface area contributed by atoms with Crippen molar-refractivity contribution in [3.05, 3.63) is 307 Å². The fraction of sp³-hybridized carbons (Fsp3) is 0.204. The van der Waals surface area contributed by atoms with E-state index in [0.29, 0.717) is 0 Å². The van der Waals surface area contributed by atoms with Crippen LogP contribution < -0.4 is 26.2 Å². The van der Waals surface area contributed by atoms with Crippen molar-refractivity contribution in [3.63, 3.8) is 0 Å². The van der Waals surface area contributed by atoms with Crippen LogP contribution in [0, 0.1) is 0 Å². The van der Waals surface area contributed by atoms with Gasteiger partial charge in [-0.05, 0) is 186 Å². The Labute approximate surface area is 609 Å². The molecule has 0 radical (unpaired) electrons. The maximum atomic E-state index is 2.73. The molecule has 0 saturated heterocycles. The van der Waals surface area contributed by atoms with Crippen molar-refractivity contribution in [2.24, 2.45) is 0 Å². The maximum absolute atomic E-state index is 2.73. The number of fused-ring (bicyclic) bond motifs is 10. The Balaban J connectivity index is 1.03. The van der Waals surface area contributed by atoms with E-state index in [1.807, 2.05) is 0 Å². The molecule has 0 aliphatic carbocycles. The predicted molar refractivity (Wildman–Crippen MR) is 444 cm³/mol. The van der Waals surface area contributed by atoms with Gasteiger partial charge in [0.1, 0.15) is 0 Å². The topological polar surface area (TPSA) is 16.3 Å². The normalized spacial score (nSPS) is 13.2. The highest BCUT2D eigenvalue weighted by Crippen LogP contribution is 2.54. The number of anilines is 6. The highest BCUT2D eigenvalue weighted by atomic mass is 15.2. The monoisotopic (exact) mass is 1330 g/mol. The number of aromatic nitrogens is 2. The standard InChI is InChI=1S/C98H91BN4/c1-14-15-30-63-55-90-92-91(56-63)103(94-76(66-35-24-18-25-36-66)41-29-42-77(94)67-37-26-19-27-38-67)89-62-73(101-86-53-45-70(97(8,9)10)59-80(86)81-60-71(98(11,12)13)46-54-87(81)101)48-50-83(89)99(92)82-49-47-72(100-84-51-43-68(95(2,3)4)57-78(84)79-58-69(96(5,6)7)44-52-85(79)100)61-88(82)102(90)93-74(64-31-20-16-21-32-64)39-28-40-75(93)65-33-22-17-23-34-65/h16-29,31-62H,14-15,30H2,1-13H3. The highest BCUT2D eigenvalue weighted by molar-refractivity contribution is 7.00. The van der Waals surface area contributed by atoms with Crippen molar-refractivity contribution in [3.8, 4) is 55.9 Å². The van der Waals surface area contributed by atoms with Crippen LogP contribution in [-0.2, 0) is 28.1 Å². The lowest BCUT2D eigenvalue weighted by atomic mass is 9.33. The summed E-state index contributed by atoms with van der Waals surface area (Å²) in [7, 11) is 0. The maximum Gasteiger partial charge on any atom is 0.252 e. The molecular formula is C98H91BN4. The fourth-order valence-corrected chi connectivity index (χ4v) is 16.7. The van der Waals surface area contributed by atoms with E-state index < -0.39 is 0 Å². The van der Waals surface area contributed by atoms with Crippen molar-refractivity contribution in [1.29, 1.82) is 0 Å². The average molecular weight is 1340 g/mol. The van der Waals surface area contributed by atoms with E-state index >= 15 is 0 Å². The molecule has 0 saturated carbocycles. The summed E-state index contributed by atoms with van der Waals surface area (Å²) in [4.78, 5) is 5.46. The molecule has 0 spiro atoms. The van der Waals surface area contributed by atoms with Crippen LogP contribution >= 0.6 is 0 Å². The van der Waals surface area contributed by atoms with E-state index in [9.17, 15) is 0 Å². The number of rotatable bonds is 11. The summed E-state index contributed by atoms with van der Waals surface area (Å²) < 4.78 is 5.13. The molecule has 0 atom stereocenters. The summed E-state index contributed by atoms with van der Waals surface area (Å²) in [6.07, 6.45) is 3.01. The first kappa shape index (κ1) is 65.4. The molecule has 103 heavy (non-hydrogen) atoms. The van der Waals surface area contributed by atoms with E-state index in [4.69, 9.17) is 0 Å². The molecular weight excluding hydrogens is 1240 g/mol. The molecule has 2 aliphatic rings. The van der Waals surface area contributed by atoms with Crippen molar-refractivity contribution >= 4 is 101 Å². The molecule has 506 valence electrons. The lowest BCUT2D eigenvalue weighted by Gasteiger charge is -2.46. The summed E-state index contributed by atoms with van der Waals surface area (Å²) >= 11 is 0. The number of hydrogen-bond donors (Lipinski definition) is 0. The largest absolute Gasteiger partial charge is 0.310 e. The van der Waals surface area contributed by atoms with Crippen LogP contribution in [0.4, 0.5) is 34.1 Å². The van der Waals surface area contributed by atoms with Gasteiger partial charge in [0.2, 0.25) is 0 Å². The molecule has 15 aromatic rings. The molecule has 0 unspecified atom stereocenters. The summed E-state index contributed by atoms with van der Waals surface area (Å²) in [5, 5.41) is 5.09. The van der Waals surface area contributed by atoms with Crippen LogP contribution in [0.1, 0.15) is 131 Å². The highest BCUT2D eigenvalue weighted by Gasteiger charge is 2.46. The summed E-state index contributed by atoms with van der Waals surface area (Å²) in [6.45, 7) is 30.2. The van der Waals surface area contributed by atoms with Gasteiger partial charge in [-0.3, -0.25) is 0 Å². The lowest BCUT2D eigenvalue weighted by Crippen LogP contribution is -2.61. The predicted octanol–water partition coefficient (Wildman–Crippen LogP) is 25.2. The summed E-state index contributed by atoms with van der Waals surface area (Å²) in [5.74, 6) is 0. The molecule has 2 aromatic heterocycles. The van der Waals surface area contributed by atoms with Crippen molar-refractivity contribution in [2.75, 3.05) is 9.80 Å². The minimum Gasteiger partial charge on any atom is -0.310 e. The third-order valence-electron chi connectivity index (χ3n) is 22.3. The summed E-state index contributed by atoms with van der Waals surface area (Å²) in [6, 6.07) is 108. The third-order valence-corrected chi connectivity index (χ3v) is 22.3. The van der Waals surface area contributed by atoms with Gasteiger partial charge in [-0.15, -0.1) is 0 Å². The zero-order valence-electron chi connectivity index (χ0n) is 62.0. The molecule has 4 nitrogen and oxygen atoms in total. The Hall–Kier alpha value is -10.9. The molecule has 17 rings (SSSR count). The zero-order valence-corrected chi connectivity index (χ0v) is 62.0. The minimum absolute atomic E-state index is 0.0451. The number of para-hydroxylation sites is 2. The second-order valence-corrected chi connectivity index (χ2v) is 33.2. The van der Waals surface area contributed by atoms with Crippen LogP contribution in [-0.4, -0.2) is 15.8 Å². The van der Waals surface area contributed by atoms with E-state index in [-0.39, 0.29) is 28.4 Å². The third kappa shape index (κ3) is 11.1. The number of unbranched alkanes of at least 4 members (excludes halogenated alkanes) is 1. The van der Waals surface area contributed by atoms with E-state index in [1.54, 1.807) is 0 Å². The van der Waals surface area contributed by atoms with Crippen molar-refractivity contribution in [1.82, 2.24) is 9.13 Å². The first-order valence-electron chi connectivity index (χ1n) is 37.3. The smallest absolute Gasteiger partial charge is 0.252 e. The Kier molecular flexibility index (Phi) is 15.7. The molecule has 4 heterocycles.